The van der Waals surface area contributed by atoms with Crippen LogP contribution >= 0.6 is 0 Å². The molecule has 1 aromatic carbocycles. The second-order valence-electron chi connectivity index (χ2n) is 5.48. The molecular weight excluding hydrogens is 236 g/mol. The van der Waals surface area contributed by atoms with E-state index in [0.717, 1.165) is 32.7 Å². The molecule has 0 aromatic heterocycles. The van der Waals surface area contributed by atoms with E-state index in [-0.39, 0.29) is 0 Å². The Morgan fingerprint density at radius 3 is 2.37 bits per heavy atom. The molecule has 0 spiro atoms. The van der Waals surface area contributed by atoms with Crippen molar-refractivity contribution in [2.45, 2.75) is 20.3 Å². The maximum atomic E-state index is 5.10. The number of rotatable bonds is 1. The average Bonchev–Trinajstić information content (AvgIpc) is 2.84. The predicted octanol–water partition coefficient (Wildman–Crippen LogP) is 2.92. The van der Waals surface area contributed by atoms with Gasteiger partial charge in [0.2, 0.25) is 0 Å². The van der Waals surface area contributed by atoms with Crippen LogP contribution in [0.3, 0.4) is 0 Å². The minimum atomic E-state index is 0.581. The first-order valence-electron chi connectivity index (χ1n) is 7.08. The lowest BCUT2D eigenvalue weighted by atomic mass is 10.0. The molecule has 1 fully saturated rings. The highest BCUT2D eigenvalue weighted by Crippen LogP contribution is 2.27. The van der Waals surface area contributed by atoms with Crippen molar-refractivity contribution in [3.63, 3.8) is 0 Å². The summed E-state index contributed by atoms with van der Waals surface area (Å²) in [5, 5.41) is 0. The molecule has 2 aliphatic rings. The van der Waals surface area contributed by atoms with Crippen molar-refractivity contribution in [2.75, 3.05) is 33.4 Å². The van der Waals surface area contributed by atoms with E-state index >= 15 is 0 Å². The molecule has 0 N–H and O–H groups in total. The average molecular weight is 260 g/mol. The van der Waals surface area contributed by atoms with Crippen LogP contribution in [0.15, 0.2) is 29.3 Å². The quantitative estimate of drug-likeness (QED) is 0.775. The van der Waals surface area contributed by atoms with Gasteiger partial charge in [0.15, 0.2) is 0 Å². The first-order valence-corrected chi connectivity index (χ1v) is 7.08. The number of para-hydroxylation sites is 1. The fourth-order valence-corrected chi connectivity index (χ4v) is 2.15. The van der Waals surface area contributed by atoms with Crippen molar-refractivity contribution in [1.29, 1.82) is 0 Å². The van der Waals surface area contributed by atoms with Gasteiger partial charge in [-0.1, -0.05) is 32.0 Å². The Bertz CT molecular complexity index is 434. The predicted molar refractivity (Wildman–Crippen MR) is 80.4 cm³/mol. The smallest absolute Gasteiger partial charge is 0.0665 e. The van der Waals surface area contributed by atoms with Gasteiger partial charge in [-0.2, -0.15) is 0 Å². The molecule has 19 heavy (non-hydrogen) atoms. The van der Waals surface area contributed by atoms with Crippen LogP contribution in [0.2, 0.25) is 0 Å². The lowest BCUT2D eigenvalue weighted by molar-refractivity contribution is 0.0503. The SMILES string of the molecule is CC(C)C1=Nc2ccccc2C1.CN1CCOCC1. The molecule has 0 amide bonds. The standard InChI is InChI=1S/C11H13N.C5H11NO/c1-8(2)11-7-9-5-3-4-6-10(9)12-11;1-6-2-4-7-5-3-6/h3-6,8H,7H2,1-2H3;2-5H2,1H3. The highest BCUT2D eigenvalue weighted by Gasteiger charge is 2.15. The van der Waals surface area contributed by atoms with Crippen LogP contribution in [0.5, 0.6) is 0 Å². The molecule has 2 aliphatic heterocycles. The van der Waals surface area contributed by atoms with E-state index in [9.17, 15) is 0 Å². The van der Waals surface area contributed by atoms with Gasteiger partial charge < -0.3 is 9.64 Å². The minimum absolute atomic E-state index is 0.581. The van der Waals surface area contributed by atoms with Crippen molar-refractivity contribution >= 4 is 11.4 Å². The second-order valence-corrected chi connectivity index (χ2v) is 5.48. The summed E-state index contributed by atoms with van der Waals surface area (Å²) >= 11 is 0. The zero-order valence-electron chi connectivity index (χ0n) is 12.2. The molecule has 0 radical (unpaired) electrons. The molecular formula is C16H24N2O. The molecule has 1 saturated heterocycles. The monoisotopic (exact) mass is 260 g/mol. The third-order valence-corrected chi connectivity index (χ3v) is 3.53. The lowest BCUT2D eigenvalue weighted by Crippen LogP contribution is -2.32. The van der Waals surface area contributed by atoms with Gasteiger partial charge in [-0.05, 0) is 24.6 Å². The molecule has 0 unspecified atom stereocenters. The Balaban J connectivity index is 0.000000163. The molecule has 3 nitrogen and oxygen atoms in total. The minimum Gasteiger partial charge on any atom is -0.379 e. The van der Waals surface area contributed by atoms with Crippen molar-refractivity contribution in [2.24, 2.45) is 10.9 Å². The van der Waals surface area contributed by atoms with Gasteiger partial charge in [-0.15, -0.1) is 0 Å². The summed E-state index contributed by atoms with van der Waals surface area (Å²) < 4.78 is 5.10. The van der Waals surface area contributed by atoms with Crippen LogP contribution in [0.4, 0.5) is 5.69 Å². The van der Waals surface area contributed by atoms with E-state index in [4.69, 9.17) is 4.74 Å². The van der Waals surface area contributed by atoms with E-state index in [1.807, 2.05) is 6.07 Å². The summed E-state index contributed by atoms with van der Waals surface area (Å²) in [7, 11) is 2.11. The normalized spacial score (nSPS) is 18.6. The van der Waals surface area contributed by atoms with Gasteiger partial charge in [0.25, 0.3) is 0 Å². The van der Waals surface area contributed by atoms with E-state index in [2.05, 4.69) is 49.0 Å². The van der Waals surface area contributed by atoms with Crippen LogP contribution in [0.25, 0.3) is 0 Å². The number of ether oxygens (including phenoxy) is 1. The number of morpholine rings is 1. The topological polar surface area (TPSA) is 24.8 Å². The number of fused-ring (bicyclic) bond motifs is 1. The molecule has 104 valence electrons. The Morgan fingerprint density at radius 1 is 1.16 bits per heavy atom. The fraction of sp³-hybridized carbons (Fsp3) is 0.562. The third-order valence-electron chi connectivity index (χ3n) is 3.53. The zero-order valence-corrected chi connectivity index (χ0v) is 12.2. The van der Waals surface area contributed by atoms with Gasteiger partial charge in [-0.25, -0.2) is 0 Å². The number of hydrogen-bond acceptors (Lipinski definition) is 3. The molecule has 0 saturated carbocycles. The second kappa shape index (κ2) is 6.83. The van der Waals surface area contributed by atoms with Gasteiger partial charge in [0.05, 0.1) is 18.9 Å². The maximum absolute atomic E-state index is 5.10. The molecule has 3 heteroatoms. The Kier molecular flexibility index (Phi) is 5.11. The van der Waals surface area contributed by atoms with Crippen LogP contribution in [0.1, 0.15) is 19.4 Å². The fourth-order valence-electron chi connectivity index (χ4n) is 2.15. The number of nitrogens with zero attached hydrogens (tertiary/aromatic N) is 2. The van der Waals surface area contributed by atoms with E-state index in [1.54, 1.807) is 0 Å². The first kappa shape index (κ1) is 14.2. The highest BCUT2D eigenvalue weighted by atomic mass is 16.5. The third kappa shape index (κ3) is 4.15. The summed E-state index contributed by atoms with van der Waals surface area (Å²) in [6.45, 7) is 8.42. The Morgan fingerprint density at radius 2 is 1.84 bits per heavy atom. The van der Waals surface area contributed by atoms with Crippen LogP contribution in [0, 0.1) is 5.92 Å². The summed E-state index contributed by atoms with van der Waals surface area (Å²) in [5.74, 6) is 0.581. The van der Waals surface area contributed by atoms with Crippen LogP contribution < -0.4 is 0 Å². The summed E-state index contributed by atoms with van der Waals surface area (Å²) in [6, 6.07) is 8.38. The molecule has 1 aromatic rings. The summed E-state index contributed by atoms with van der Waals surface area (Å²) in [6.07, 6.45) is 1.05. The maximum Gasteiger partial charge on any atom is 0.0665 e. The lowest BCUT2D eigenvalue weighted by Gasteiger charge is -2.21. The molecule has 0 atom stereocenters. The Hall–Kier alpha value is -1.19. The van der Waals surface area contributed by atoms with Gasteiger partial charge >= 0.3 is 0 Å². The van der Waals surface area contributed by atoms with Gasteiger partial charge in [0.1, 0.15) is 0 Å². The van der Waals surface area contributed by atoms with E-state index < -0.39 is 0 Å². The summed E-state index contributed by atoms with van der Waals surface area (Å²) in [4.78, 5) is 6.84. The Labute approximate surface area is 116 Å². The zero-order chi connectivity index (χ0) is 13.7. The van der Waals surface area contributed by atoms with Crippen LogP contribution in [-0.4, -0.2) is 44.0 Å². The number of hydrogen-bond donors (Lipinski definition) is 0. The van der Waals surface area contributed by atoms with Crippen molar-refractivity contribution in [3.8, 4) is 0 Å². The van der Waals surface area contributed by atoms with Crippen LogP contribution in [-0.2, 0) is 11.2 Å². The highest BCUT2D eigenvalue weighted by molar-refractivity contribution is 5.95. The van der Waals surface area contributed by atoms with Gasteiger partial charge in [-0.3, -0.25) is 4.99 Å². The molecule has 2 heterocycles. The van der Waals surface area contributed by atoms with Crippen molar-refractivity contribution in [1.82, 2.24) is 4.90 Å². The molecule has 0 bridgehead atoms. The molecule has 3 rings (SSSR count). The van der Waals surface area contributed by atoms with Crippen molar-refractivity contribution < 1.29 is 4.74 Å². The molecule has 0 aliphatic carbocycles. The first-order chi connectivity index (χ1) is 9.16. The van der Waals surface area contributed by atoms with E-state index in [1.165, 1.54) is 17.0 Å². The number of likely N-dealkylation sites (N-methyl/N-ethyl adjacent to an activating group) is 1. The number of aliphatic imine (C=N–C) groups is 1. The number of benzene rings is 1. The van der Waals surface area contributed by atoms with E-state index in [0.29, 0.717) is 5.92 Å². The largest absolute Gasteiger partial charge is 0.379 e. The van der Waals surface area contributed by atoms with Gasteiger partial charge in [0, 0.05) is 25.2 Å². The van der Waals surface area contributed by atoms with Crippen molar-refractivity contribution in [3.05, 3.63) is 29.8 Å². The summed E-state index contributed by atoms with van der Waals surface area (Å²) in [5.41, 5.74) is 3.86.